The number of amides is 3. The maximum Gasteiger partial charge on any atom is 0.325 e. The topological polar surface area (TPSA) is 121 Å². The van der Waals surface area contributed by atoms with Gasteiger partial charge in [-0.05, 0) is 39.3 Å². The van der Waals surface area contributed by atoms with E-state index < -0.39 is 23.6 Å². The van der Waals surface area contributed by atoms with Gasteiger partial charge in [0.2, 0.25) is 0 Å². The third-order valence-corrected chi connectivity index (χ3v) is 4.53. The predicted molar refractivity (Wildman–Crippen MR) is 100 cm³/mol. The molecule has 148 valence electrons. The van der Waals surface area contributed by atoms with Crippen LogP contribution in [0.15, 0.2) is 29.1 Å². The van der Waals surface area contributed by atoms with E-state index in [1.165, 1.54) is 0 Å². The molecule has 0 bridgehead atoms. The van der Waals surface area contributed by atoms with E-state index in [1.807, 2.05) is 0 Å². The second-order valence-corrected chi connectivity index (χ2v) is 7.22. The number of aromatic nitrogens is 2. The van der Waals surface area contributed by atoms with Crippen molar-refractivity contribution in [1.29, 1.82) is 0 Å². The standard InChI is InChI=1S/C19H22N4O5/c1-11(15-20-13-8-5-4-7-12(13)16(25)21-15)28-14(24)9-6-10-23-17(26)19(2,3)22-18(23)27/h4-5,7-8,11H,6,9-10H2,1-3H3,(H,22,27)(H,20,21,25). The van der Waals surface area contributed by atoms with Crippen LogP contribution in [0, 0.1) is 0 Å². The number of H-pyrrole nitrogens is 1. The fraction of sp³-hybridized carbons (Fsp3) is 0.421. The fourth-order valence-electron chi connectivity index (χ4n) is 3.01. The number of aromatic amines is 1. The molecular formula is C19H22N4O5. The molecule has 0 radical (unpaired) electrons. The van der Waals surface area contributed by atoms with Gasteiger partial charge in [0.1, 0.15) is 5.54 Å². The average molecular weight is 386 g/mol. The highest BCUT2D eigenvalue weighted by molar-refractivity contribution is 6.06. The summed E-state index contributed by atoms with van der Waals surface area (Å²) < 4.78 is 5.32. The Balaban J connectivity index is 1.56. The molecule has 0 spiro atoms. The largest absolute Gasteiger partial charge is 0.454 e. The summed E-state index contributed by atoms with van der Waals surface area (Å²) >= 11 is 0. The lowest BCUT2D eigenvalue weighted by Crippen LogP contribution is -2.40. The van der Waals surface area contributed by atoms with Crippen LogP contribution in [0.2, 0.25) is 0 Å². The third-order valence-electron chi connectivity index (χ3n) is 4.53. The average Bonchev–Trinajstić information content (AvgIpc) is 2.83. The third kappa shape index (κ3) is 3.88. The van der Waals surface area contributed by atoms with Crippen LogP contribution in [0.1, 0.15) is 45.5 Å². The van der Waals surface area contributed by atoms with Gasteiger partial charge in [-0.15, -0.1) is 0 Å². The van der Waals surface area contributed by atoms with E-state index in [4.69, 9.17) is 4.74 Å². The summed E-state index contributed by atoms with van der Waals surface area (Å²) in [5.74, 6) is -0.570. The first-order valence-electron chi connectivity index (χ1n) is 9.01. The number of ether oxygens (including phenoxy) is 1. The molecule has 1 aromatic carbocycles. The Bertz CT molecular complexity index is 997. The number of imide groups is 1. The number of carbonyl (C=O) groups excluding carboxylic acids is 3. The van der Waals surface area contributed by atoms with Crippen molar-refractivity contribution in [2.45, 2.75) is 45.3 Å². The summed E-state index contributed by atoms with van der Waals surface area (Å²) in [5, 5.41) is 3.04. The first-order valence-corrected chi connectivity index (χ1v) is 9.01. The predicted octanol–water partition coefficient (Wildman–Crippen LogP) is 1.64. The SMILES string of the molecule is CC(OC(=O)CCCN1C(=O)NC(C)(C)C1=O)c1nc2ccccc2c(=O)[nH]1. The highest BCUT2D eigenvalue weighted by atomic mass is 16.5. The van der Waals surface area contributed by atoms with E-state index in [2.05, 4.69) is 15.3 Å². The normalized spacial score (nSPS) is 16.9. The molecule has 1 aliphatic heterocycles. The number of esters is 1. The van der Waals surface area contributed by atoms with Crippen molar-refractivity contribution < 1.29 is 19.1 Å². The lowest BCUT2D eigenvalue weighted by atomic mass is 10.1. The highest BCUT2D eigenvalue weighted by Crippen LogP contribution is 2.18. The zero-order chi connectivity index (χ0) is 20.5. The van der Waals surface area contributed by atoms with Crippen LogP contribution in [-0.4, -0.2) is 44.9 Å². The Morgan fingerprint density at radius 3 is 2.64 bits per heavy atom. The van der Waals surface area contributed by atoms with Gasteiger partial charge in [-0.25, -0.2) is 9.78 Å². The van der Waals surface area contributed by atoms with E-state index >= 15 is 0 Å². The Hall–Kier alpha value is -3.23. The number of urea groups is 1. The van der Waals surface area contributed by atoms with E-state index in [0.717, 1.165) is 4.90 Å². The van der Waals surface area contributed by atoms with Crippen molar-refractivity contribution in [3.8, 4) is 0 Å². The molecule has 1 fully saturated rings. The summed E-state index contributed by atoms with van der Waals surface area (Å²) in [6, 6.07) is 6.43. The second-order valence-electron chi connectivity index (χ2n) is 7.22. The molecule has 9 nitrogen and oxygen atoms in total. The molecule has 1 saturated heterocycles. The van der Waals surface area contributed by atoms with Crippen LogP contribution in [0.25, 0.3) is 10.9 Å². The minimum Gasteiger partial charge on any atom is -0.454 e. The molecule has 1 atom stereocenters. The zero-order valence-electron chi connectivity index (χ0n) is 15.9. The number of hydrogen-bond acceptors (Lipinski definition) is 6. The summed E-state index contributed by atoms with van der Waals surface area (Å²) in [7, 11) is 0. The van der Waals surface area contributed by atoms with Crippen molar-refractivity contribution in [1.82, 2.24) is 20.2 Å². The maximum absolute atomic E-state index is 12.1. The lowest BCUT2D eigenvalue weighted by Gasteiger charge is -2.16. The molecule has 0 saturated carbocycles. The van der Waals surface area contributed by atoms with E-state index in [0.29, 0.717) is 10.9 Å². The molecule has 0 aliphatic carbocycles. The Morgan fingerprint density at radius 1 is 1.25 bits per heavy atom. The number of nitrogens with zero attached hydrogens (tertiary/aromatic N) is 2. The molecule has 2 heterocycles. The quantitative estimate of drug-likeness (QED) is 0.575. The number of fused-ring (bicyclic) bond motifs is 1. The van der Waals surface area contributed by atoms with Crippen molar-refractivity contribution in [3.63, 3.8) is 0 Å². The molecule has 3 amide bonds. The van der Waals surface area contributed by atoms with Crippen LogP contribution < -0.4 is 10.9 Å². The first-order chi connectivity index (χ1) is 13.2. The first kappa shape index (κ1) is 19.5. The zero-order valence-corrected chi connectivity index (χ0v) is 15.9. The van der Waals surface area contributed by atoms with Crippen LogP contribution in [0.4, 0.5) is 4.79 Å². The van der Waals surface area contributed by atoms with Crippen molar-refractivity contribution in [2.75, 3.05) is 6.54 Å². The highest BCUT2D eigenvalue weighted by Gasteiger charge is 2.43. The monoisotopic (exact) mass is 386 g/mol. The Morgan fingerprint density at radius 2 is 1.96 bits per heavy atom. The van der Waals surface area contributed by atoms with Crippen molar-refractivity contribution in [3.05, 3.63) is 40.4 Å². The number of rotatable bonds is 6. The van der Waals surface area contributed by atoms with Crippen LogP contribution >= 0.6 is 0 Å². The fourth-order valence-corrected chi connectivity index (χ4v) is 3.01. The molecule has 1 aromatic heterocycles. The molecule has 2 aromatic rings. The van der Waals surface area contributed by atoms with Gasteiger partial charge in [-0.2, -0.15) is 0 Å². The maximum atomic E-state index is 12.1. The van der Waals surface area contributed by atoms with Crippen molar-refractivity contribution in [2.24, 2.45) is 0 Å². The number of carbonyl (C=O) groups is 3. The Labute approximate surface area is 161 Å². The van der Waals surface area contributed by atoms with E-state index in [-0.39, 0.29) is 36.7 Å². The van der Waals surface area contributed by atoms with Gasteiger partial charge >= 0.3 is 12.0 Å². The minimum atomic E-state index is -0.931. The van der Waals surface area contributed by atoms with Gasteiger partial charge in [0.05, 0.1) is 10.9 Å². The van der Waals surface area contributed by atoms with E-state index in [9.17, 15) is 19.2 Å². The molecule has 2 N–H and O–H groups in total. The minimum absolute atomic E-state index is 0.0274. The summed E-state index contributed by atoms with van der Waals surface area (Å²) in [5.41, 5.74) is -0.713. The number of hydrogen-bond donors (Lipinski definition) is 2. The van der Waals surface area contributed by atoms with Gasteiger partial charge in [0.15, 0.2) is 11.9 Å². The van der Waals surface area contributed by atoms with Crippen molar-refractivity contribution >= 4 is 28.8 Å². The van der Waals surface area contributed by atoms with E-state index in [1.54, 1.807) is 45.0 Å². The molecule has 9 heteroatoms. The molecule has 1 unspecified atom stereocenters. The molecular weight excluding hydrogens is 364 g/mol. The molecule has 28 heavy (non-hydrogen) atoms. The Kier molecular flexibility index (Phi) is 5.17. The smallest absolute Gasteiger partial charge is 0.325 e. The molecule has 1 aliphatic rings. The van der Waals surface area contributed by atoms with Gasteiger partial charge in [-0.1, -0.05) is 12.1 Å². The van der Waals surface area contributed by atoms with Gasteiger partial charge in [0.25, 0.3) is 11.5 Å². The van der Waals surface area contributed by atoms with Crippen LogP contribution in [0.5, 0.6) is 0 Å². The number of nitrogens with one attached hydrogen (secondary N) is 2. The summed E-state index contributed by atoms with van der Waals surface area (Å²) in [6.07, 6.45) is -0.428. The summed E-state index contributed by atoms with van der Waals surface area (Å²) in [6.45, 7) is 4.99. The lowest BCUT2D eigenvalue weighted by molar-refractivity contribution is -0.149. The summed E-state index contributed by atoms with van der Waals surface area (Å²) in [4.78, 5) is 56.2. The van der Waals surface area contributed by atoms with Gasteiger partial charge < -0.3 is 15.0 Å². The molecule has 3 rings (SSSR count). The second kappa shape index (κ2) is 7.41. The van der Waals surface area contributed by atoms with Crippen LogP contribution in [0.3, 0.4) is 0 Å². The van der Waals surface area contributed by atoms with Gasteiger partial charge in [0, 0.05) is 13.0 Å². The number of para-hydroxylation sites is 1. The van der Waals surface area contributed by atoms with Crippen LogP contribution in [-0.2, 0) is 14.3 Å². The van der Waals surface area contributed by atoms with Gasteiger partial charge in [-0.3, -0.25) is 19.3 Å². The number of benzene rings is 1.